The van der Waals surface area contributed by atoms with Gasteiger partial charge in [0, 0.05) is 25.1 Å². The molecule has 0 spiro atoms. The first-order valence-corrected chi connectivity index (χ1v) is 7.70. The number of hydrogen-bond donors (Lipinski definition) is 2. The van der Waals surface area contributed by atoms with Crippen molar-refractivity contribution in [2.45, 2.75) is 12.8 Å². The fourth-order valence-corrected chi connectivity index (χ4v) is 2.36. The molecule has 1 heterocycles. The number of morpholine rings is 1. The van der Waals surface area contributed by atoms with Crippen LogP contribution >= 0.6 is 0 Å². The average Bonchev–Trinajstić information content (AvgIpc) is 2.60. The highest BCUT2D eigenvalue weighted by Crippen LogP contribution is 2.26. The van der Waals surface area contributed by atoms with Crippen molar-refractivity contribution in [3.63, 3.8) is 0 Å². The molecule has 0 saturated carbocycles. The maximum absolute atomic E-state index is 12.5. The summed E-state index contributed by atoms with van der Waals surface area (Å²) in [7, 11) is 1.52. The number of hydrogen-bond acceptors (Lipinski definition) is 5. The second kappa shape index (κ2) is 8.50. The normalized spacial score (nSPS) is 14.4. The van der Waals surface area contributed by atoms with Gasteiger partial charge in [0.25, 0.3) is 5.91 Å². The smallest absolute Gasteiger partial charge is 0.254 e. The van der Waals surface area contributed by atoms with Gasteiger partial charge >= 0.3 is 0 Å². The van der Waals surface area contributed by atoms with Gasteiger partial charge in [0.1, 0.15) is 5.75 Å². The lowest BCUT2D eigenvalue weighted by molar-refractivity contribution is -0.116. The maximum Gasteiger partial charge on any atom is 0.254 e. The van der Waals surface area contributed by atoms with E-state index in [9.17, 15) is 9.59 Å². The molecule has 1 aromatic carbocycles. The SMILES string of the molecule is COc1ccc(C(=O)N2CCOCC2)cc1NC(=O)CCCN. The van der Waals surface area contributed by atoms with Crippen LogP contribution in [0.25, 0.3) is 0 Å². The Kier molecular flexibility index (Phi) is 6.37. The molecule has 0 radical (unpaired) electrons. The summed E-state index contributed by atoms with van der Waals surface area (Å²) in [6, 6.07) is 5.04. The Morgan fingerprint density at radius 1 is 1.35 bits per heavy atom. The second-order valence-electron chi connectivity index (χ2n) is 5.26. The van der Waals surface area contributed by atoms with E-state index in [0.29, 0.717) is 62.7 Å². The number of carbonyl (C=O) groups excluding carboxylic acids is 2. The summed E-state index contributed by atoms with van der Waals surface area (Å²) in [5, 5.41) is 2.78. The van der Waals surface area contributed by atoms with Crippen molar-refractivity contribution in [2.75, 3.05) is 45.3 Å². The largest absolute Gasteiger partial charge is 0.495 e. The van der Waals surface area contributed by atoms with Crippen LogP contribution in [0.1, 0.15) is 23.2 Å². The van der Waals surface area contributed by atoms with Gasteiger partial charge in [-0.25, -0.2) is 0 Å². The Balaban J connectivity index is 2.13. The molecule has 1 aromatic rings. The van der Waals surface area contributed by atoms with Gasteiger partial charge < -0.3 is 25.4 Å². The number of anilines is 1. The van der Waals surface area contributed by atoms with Crippen LogP contribution in [0.4, 0.5) is 5.69 Å². The van der Waals surface area contributed by atoms with Gasteiger partial charge in [-0.2, -0.15) is 0 Å². The Morgan fingerprint density at radius 2 is 2.09 bits per heavy atom. The Hall–Kier alpha value is -2.12. The number of carbonyl (C=O) groups is 2. The molecule has 0 bridgehead atoms. The zero-order chi connectivity index (χ0) is 16.7. The molecule has 0 aliphatic carbocycles. The summed E-state index contributed by atoms with van der Waals surface area (Å²) in [4.78, 5) is 26.1. The van der Waals surface area contributed by atoms with Crippen LogP contribution < -0.4 is 15.8 Å². The van der Waals surface area contributed by atoms with E-state index in [4.69, 9.17) is 15.2 Å². The van der Waals surface area contributed by atoms with Gasteiger partial charge in [-0.15, -0.1) is 0 Å². The highest BCUT2D eigenvalue weighted by atomic mass is 16.5. The molecule has 1 saturated heterocycles. The minimum absolute atomic E-state index is 0.0755. The molecular formula is C16H23N3O4. The number of rotatable bonds is 6. The summed E-state index contributed by atoms with van der Waals surface area (Å²) in [6.45, 7) is 2.70. The Bertz CT molecular complexity index is 556. The summed E-state index contributed by atoms with van der Waals surface area (Å²) in [6.07, 6.45) is 0.946. The molecule has 7 heteroatoms. The fraction of sp³-hybridized carbons (Fsp3) is 0.500. The number of nitrogens with one attached hydrogen (secondary N) is 1. The van der Waals surface area contributed by atoms with E-state index in [1.165, 1.54) is 7.11 Å². The highest BCUT2D eigenvalue weighted by Gasteiger charge is 2.20. The minimum atomic E-state index is -0.148. The van der Waals surface area contributed by atoms with Crippen molar-refractivity contribution < 1.29 is 19.1 Å². The lowest BCUT2D eigenvalue weighted by Crippen LogP contribution is -2.40. The molecular weight excluding hydrogens is 298 g/mol. The van der Waals surface area contributed by atoms with Crippen LogP contribution in [0, 0.1) is 0 Å². The number of benzene rings is 1. The van der Waals surface area contributed by atoms with Crippen molar-refractivity contribution in [2.24, 2.45) is 5.73 Å². The Morgan fingerprint density at radius 3 is 2.74 bits per heavy atom. The third-order valence-electron chi connectivity index (χ3n) is 3.63. The molecule has 3 N–H and O–H groups in total. The van der Waals surface area contributed by atoms with Crippen LogP contribution in [0.3, 0.4) is 0 Å². The first-order chi connectivity index (χ1) is 11.2. The van der Waals surface area contributed by atoms with Gasteiger partial charge in [-0.05, 0) is 31.2 Å². The molecule has 7 nitrogen and oxygen atoms in total. The van der Waals surface area contributed by atoms with Crippen LogP contribution in [0.5, 0.6) is 5.75 Å². The van der Waals surface area contributed by atoms with E-state index in [2.05, 4.69) is 5.32 Å². The van der Waals surface area contributed by atoms with E-state index in [-0.39, 0.29) is 11.8 Å². The average molecular weight is 321 g/mol. The third-order valence-corrected chi connectivity index (χ3v) is 3.63. The number of nitrogens with zero attached hydrogens (tertiary/aromatic N) is 1. The van der Waals surface area contributed by atoms with Crippen LogP contribution in [0.2, 0.25) is 0 Å². The summed E-state index contributed by atoms with van der Waals surface area (Å²) < 4.78 is 10.5. The monoisotopic (exact) mass is 321 g/mol. The molecule has 1 fully saturated rings. The van der Waals surface area contributed by atoms with Gasteiger partial charge in [0.05, 0.1) is 26.0 Å². The van der Waals surface area contributed by atoms with Crippen LogP contribution in [-0.4, -0.2) is 56.7 Å². The van der Waals surface area contributed by atoms with Gasteiger partial charge in [0.15, 0.2) is 0 Å². The zero-order valence-electron chi connectivity index (χ0n) is 13.3. The molecule has 0 aromatic heterocycles. The van der Waals surface area contributed by atoms with Crippen LogP contribution in [0.15, 0.2) is 18.2 Å². The first-order valence-electron chi connectivity index (χ1n) is 7.70. The van der Waals surface area contributed by atoms with Crippen LogP contribution in [-0.2, 0) is 9.53 Å². The molecule has 1 aliphatic rings. The van der Waals surface area contributed by atoms with Gasteiger partial charge in [-0.3, -0.25) is 9.59 Å². The second-order valence-corrected chi connectivity index (χ2v) is 5.26. The van der Waals surface area contributed by atoms with Crippen molar-refractivity contribution in [3.05, 3.63) is 23.8 Å². The number of nitrogens with two attached hydrogens (primary N) is 1. The van der Waals surface area contributed by atoms with E-state index in [1.807, 2.05) is 0 Å². The molecule has 23 heavy (non-hydrogen) atoms. The lowest BCUT2D eigenvalue weighted by Gasteiger charge is -2.27. The van der Waals surface area contributed by atoms with Crippen molar-refractivity contribution in [1.82, 2.24) is 4.90 Å². The zero-order valence-corrected chi connectivity index (χ0v) is 13.3. The van der Waals surface area contributed by atoms with E-state index in [0.717, 1.165) is 0 Å². The molecule has 0 atom stereocenters. The quantitative estimate of drug-likeness (QED) is 0.810. The number of ether oxygens (including phenoxy) is 2. The van der Waals surface area contributed by atoms with E-state index < -0.39 is 0 Å². The van der Waals surface area contributed by atoms with E-state index >= 15 is 0 Å². The molecule has 0 unspecified atom stereocenters. The van der Waals surface area contributed by atoms with Gasteiger partial charge in [-0.1, -0.05) is 0 Å². The summed E-state index contributed by atoms with van der Waals surface area (Å²) >= 11 is 0. The fourth-order valence-electron chi connectivity index (χ4n) is 2.36. The summed E-state index contributed by atoms with van der Waals surface area (Å²) in [5.41, 5.74) is 6.42. The third kappa shape index (κ3) is 4.67. The van der Waals surface area contributed by atoms with Crippen molar-refractivity contribution >= 4 is 17.5 Å². The molecule has 1 aliphatic heterocycles. The topological polar surface area (TPSA) is 93.9 Å². The standard InChI is InChI=1S/C16H23N3O4/c1-22-14-5-4-12(16(21)19-7-9-23-10-8-19)11-13(14)18-15(20)3-2-6-17/h4-5,11H,2-3,6-10,17H2,1H3,(H,18,20). The van der Waals surface area contributed by atoms with Crippen molar-refractivity contribution in [3.8, 4) is 5.75 Å². The van der Waals surface area contributed by atoms with Gasteiger partial charge in [0.2, 0.25) is 5.91 Å². The number of amides is 2. The molecule has 2 rings (SSSR count). The van der Waals surface area contributed by atoms with E-state index in [1.54, 1.807) is 23.1 Å². The highest BCUT2D eigenvalue weighted by molar-refractivity contribution is 5.98. The predicted molar refractivity (Wildman–Crippen MR) is 86.6 cm³/mol. The number of methoxy groups -OCH3 is 1. The first kappa shape index (κ1) is 17.2. The molecule has 2 amide bonds. The maximum atomic E-state index is 12.5. The minimum Gasteiger partial charge on any atom is -0.495 e. The molecule has 126 valence electrons. The summed E-state index contributed by atoms with van der Waals surface area (Å²) in [5.74, 6) is 0.294. The lowest BCUT2D eigenvalue weighted by atomic mass is 10.1. The Labute approximate surface area is 135 Å². The predicted octanol–water partition coefficient (Wildman–Crippen LogP) is 0.845. The van der Waals surface area contributed by atoms with Crippen molar-refractivity contribution in [1.29, 1.82) is 0 Å².